The molecule has 0 atom stereocenters. The highest BCUT2D eigenvalue weighted by atomic mass is 79.9. The molecule has 0 fully saturated rings. The van der Waals surface area contributed by atoms with Gasteiger partial charge in [0.2, 0.25) is 0 Å². The molecule has 0 saturated carbocycles. The largest absolute Gasteiger partial charge is 0.456 e. The Bertz CT molecular complexity index is 608. The van der Waals surface area contributed by atoms with Crippen molar-refractivity contribution < 1.29 is 4.74 Å². The van der Waals surface area contributed by atoms with Crippen molar-refractivity contribution in [2.24, 2.45) is 0 Å². The second-order valence-electron chi connectivity index (χ2n) is 4.64. The van der Waals surface area contributed by atoms with E-state index >= 15 is 0 Å². The van der Waals surface area contributed by atoms with Gasteiger partial charge in [0, 0.05) is 15.9 Å². The standard InChI is InChI=1S/C16H16BrClO/c1-10-4-5-11(2)16(12(10)3)19-15-7-6-14(18)8-13(15)9-17/h4-8H,9H2,1-3H3. The number of hydrogen-bond acceptors (Lipinski definition) is 1. The Balaban J connectivity index is 2.44. The summed E-state index contributed by atoms with van der Waals surface area (Å²) in [5.41, 5.74) is 4.59. The normalized spacial score (nSPS) is 10.6. The summed E-state index contributed by atoms with van der Waals surface area (Å²) in [6.45, 7) is 6.24. The summed E-state index contributed by atoms with van der Waals surface area (Å²) in [5.74, 6) is 1.78. The lowest BCUT2D eigenvalue weighted by molar-refractivity contribution is 0.470. The van der Waals surface area contributed by atoms with E-state index in [9.17, 15) is 0 Å². The van der Waals surface area contributed by atoms with E-state index in [2.05, 4.69) is 48.8 Å². The number of benzene rings is 2. The van der Waals surface area contributed by atoms with E-state index in [0.717, 1.165) is 27.6 Å². The Morgan fingerprint density at radius 1 is 1.05 bits per heavy atom. The van der Waals surface area contributed by atoms with Crippen molar-refractivity contribution in [1.82, 2.24) is 0 Å². The smallest absolute Gasteiger partial charge is 0.133 e. The van der Waals surface area contributed by atoms with Crippen LogP contribution in [0.3, 0.4) is 0 Å². The maximum Gasteiger partial charge on any atom is 0.133 e. The topological polar surface area (TPSA) is 9.23 Å². The average Bonchev–Trinajstić information content (AvgIpc) is 2.40. The van der Waals surface area contributed by atoms with Crippen LogP contribution in [0.5, 0.6) is 11.5 Å². The van der Waals surface area contributed by atoms with E-state index in [1.807, 2.05) is 18.2 Å². The van der Waals surface area contributed by atoms with Crippen LogP contribution < -0.4 is 4.74 Å². The molecule has 19 heavy (non-hydrogen) atoms. The molecule has 2 aromatic carbocycles. The number of ether oxygens (including phenoxy) is 1. The zero-order chi connectivity index (χ0) is 14.0. The fourth-order valence-electron chi connectivity index (χ4n) is 1.94. The molecule has 0 bridgehead atoms. The molecule has 0 N–H and O–H groups in total. The molecule has 0 radical (unpaired) electrons. The lowest BCUT2D eigenvalue weighted by Gasteiger charge is -2.15. The Labute approximate surface area is 127 Å². The predicted octanol–water partition coefficient (Wildman–Crippen LogP) is 5.95. The first-order valence-electron chi connectivity index (χ1n) is 6.12. The summed E-state index contributed by atoms with van der Waals surface area (Å²) in [7, 11) is 0. The van der Waals surface area contributed by atoms with Gasteiger partial charge in [0.25, 0.3) is 0 Å². The Morgan fingerprint density at radius 3 is 2.42 bits per heavy atom. The van der Waals surface area contributed by atoms with Gasteiger partial charge in [-0.1, -0.05) is 39.7 Å². The molecule has 0 aliphatic heterocycles. The van der Waals surface area contributed by atoms with Crippen molar-refractivity contribution in [2.45, 2.75) is 26.1 Å². The van der Waals surface area contributed by atoms with E-state index in [-0.39, 0.29) is 0 Å². The summed E-state index contributed by atoms with van der Waals surface area (Å²) in [6.07, 6.45) is 0. The molecule has 1 nitrogen and oxygen atoms in total. The van der Waals surface area contributed by atoms with Crippen LogP contribution in [0.1, 0.15) is 22.3 Å². The van der Waals surface area contributed by atoms with Gasteiger partial charge in [-0.2, -0.15) is 0 Å². The molecule has 0 heterocycles. The lowest BCUT2D eigenvalue weighted by Crippen LogP contribution is -1.95. The molecule has 100 valence electrons. The Morgan fingerprint density at radius 2 is 1.74 bits per heavy atom. The van der Waals surface area contributed by atoms with Crippen LogP contribution in [-0.4, -0.2) is 0 Å². The summed E-state index contributed by atoms with van der Waals surface area (Å²) in [6, 6.07) is 9.89. The molecule has 0 spiro atoms. The third-order valence-corrected chi connectivity index (χ3v) is 4.09. The number of hydrogen-bond donors (Lipinski definition) is 0. The SMILES string of the molecule is Cc1ccc(C)c(Oc2ccc(Cl)cc2CBr)c1C. The molecule has 0 saturated heterocycles. The zero-order valence-electron chi connectivity index (χ0n) is 11.3. The maximum atomic E-state index is 6.11. The van der Waals surface area contributed by atoms with Gasteiger partial charge < -0.3 is 4.74 Å². The van der Waals surface area contributed by atoms with Crippen molar-refractivity contribution in [3.05, 3.63) is 57.6 Å². The molecular formula is C16H16BrClO. The molecule has 2 aromatic rings. The zero-order valence-corrected chi connectivity index (χ0v) is 13.6. The second kappa shape index (κ2) is 5.98. The number of alkyl halides is 1. The van der Waals surface area contributed by atoms with Gasteiger partial charge >= 0.3 is 0 Å². The number of rotatable bonds is 3. The van der Waals surface area contributed by atoms with Crippen molar-refractivity contribution in [3.63, 3.8) is 0 Å². The van der Waals surface area contributed by atoms with Crippen LogP contribution in [0.25, 0.3) is 0 Å². The highest BCUT2D eigenvalue weighted by Gasteiger charge is 2.10. The predicted molar refractivity (Wildman–Crippen MR) is 84.8 cm³/mol. The molecule has 0 aromatic heterocycles. The van der Waals surface area contributed by atoms with Crippen molar-refractivity contribution >= 4 is 27.5 Å². The minimum absolute atomic E-state index is 0.715. The lowest BCUT2D eigenvalue weighted by atomic mass is 10.1. The third kappa shape index (κ3) is 3.13. The van der Waals surface area contributed by atoms with E-state index < -0.39 is 0 Å². The molecular weight excluding hydrogens is 324 g/mol. The van der Waals surface area contributed by atoms with E-state index in [0.29, 0.717) is 5.33 Å². The highest BCUT2D eigenvalue weighted by Crippen LogP contribution is 2.34. The van der Waals surface area contributed by atoms with Crippen LogP contribution in [-0.2, 0) is 5.33 Å². The van der Waals surface area contributed by atoms with Crippen molar-refractivity contribution in [3.8, 4) is 11.5 Å². The first-order chi connectivity index (χ1) is 9.02. The van der Waals surface area contributed by atoms with Gasteiger partial charge in [0.05, 0.1) is 0 Å². The van der Waals surface area contributed by atoms with Crippen molar-refractivity contribution in [2.75, 3.05) is 0 Å². The Hall–Kier alpha value is -0.990. The van der Waals surface area contributed by atoms with Crippen LogP contribution in [0.4, 0.5) is 0 Å². The molecule has 2 rings (SSSR count). The molecule has 0 amide bonds. The second-order valence-corrected chi connectivity index (χ2v) is 5.64. The molecule has 0 aliphatic carbocycles. The average molecular weight is 340 g/mol. The van der Waals surface area contributed by atoms with E-state index in [4.69, 9.17) is 16.3 Å². The summed E-state index contributed by atoms with van der Waals surface area (Å²) in [4.78, 5) is 0. The minimum atomic E-state index is 0.715. The quantitative estimate of drug-likeness (QED) is 0.628. The van der Waals surface area contributed by atoms with Gasteiger partial charge in [-0.05, 0) is 55.7 Å². The summed E-state index contributed by atoms with van der Waals surface area (Å²) in [5, 5.41) is 1.44. The van der Waals surface area contributed by atoms with E-state index in [1.54, 1.807) is 0 Å². The van der Waals surface area contributed by atoms with Crippen molar-refractivity contribution in [1.29, 1.82) is 0 Å². The maximum absolute atomic E-state index is 6.11. The molecule has 0 aliphatic rings. The third-order valence-electron chi connectivity index (χ3n) is 3.25. The fourth-order valence-corrected chi connectivity index (χ4v) is 2.58. The van der Waals surface area contributed by atoms with E-state index in [1.165, 1.54) is 11.1 Å². The van der Waals surface area contributed by atoms with Gasteiger partial charge in [-0.15, -0.1) is 0 Å². The first kappa shape index (κ1) is 14.4. The number of aryl methyl sites for hydroxylation is 2. The molecule has 3 heteroatoms. The first-order valence-corrected chi connectivity index (χ1v) is 7.62. The van der Waals surface area contributed by atoms with Gasteiger partial charge in [0.1, 0.15) is 11.5 Å². The number of halogens is 2. The van der Waals surface area contributed by atoms with Gasteiger partial charge in [-0.3, -0.25) is 0 Å². The molecule has 0 unspecified atom stereocenters. The fraction of sp³-hybridized carbons (Fsp3) is 0.250. The van der Waals surface area contributed by atoms with Gasteiger partial charge in [-0.25, -0.2) is 0 Å². The Kier molecular flexibility index (Phi) is 4.54. The van der Waals surface area contributed by atoms with Crippen LogP contribution in [0.15, 0.2) is 30.3 Å². The minimum Gasteiger partial charge on any atom is -0.456 e. The van der Waals surface area contributed by atoms with Crippen LogP contribution in [0, 0.1) is 20.8 Å². The monoisotopic (exact) mass is 338 g/mol. The van der Waals surface area contributed by atoms with Crippen LogP contribution in [0.2, 0.25) is 5.02 Å². The summed E-state index contributed by atoms with van der Waals surface area (Å²) < 4.78 is 6.11. The highest BCUT2D eigenvalue weighted by molar-refractivity contribution is 9.08. The summed E-state index contributed by atoms with van der Waals surface area (Å²) >= 11 is 9.48. The van der Waals surface area contributed by atoms with Gasteiger partial charge in [0.15, 0.2) is 0 Å². The van der Waals surface area contributed by atoms with Crippen LogP contribution >= 0.6 is 27.5 Å².